The van der Waals surface area contributed by atoms with E-state index in [2.05, 4.69) is 0 Å². The van der Waals surface area contributed by atoms with Crippen molar-refractivity contribution in [3.8, 4) is 5.75 Å². The molecule has 8 nitrogen and oxygen atoms in total. The third kappa shape index (κ3) is 5.91. The lowest BCUT2D eigenvalue weighted by Crippen LogP contribution is -2.35. The Labute approximate surface area is 197 Å². The molecule has 0 radical (unpaired) electrons. The van der Waals surface area contributed by atoms with Crippen molar-refractivity contribution in [2.45, 2.75) is 31.0 Å². The number of benzene rings is 2. The fourth-order valence-electron chi connectivity index (χ4n) is 3.79. The monoisotopic (exact) mass is 466 g/mol. The summed E-state index contributed by atoms with van der Waals surface area (Å²) < 4.78 is 27.5. The van der Waals surface area contributed by atoms with Crippen LogP contribution in [-0.2, 0) is 35.1 Å². The molecule has 2 aromatic carbocycles. The Bertz CT molecular complexity index is 956. The van der Waals surface area contributed by atoms with Crippen LogP contribution in [0.2, 0.25) is 0 Å². The van der Waals surface area contributed by atoms with Gasteiger partial charge >= 0.3 is 11.9 Å². The van der Waals surface area contributed by atoms with Gasteiger partial charge < -0.3 is 28.8 Å². The first-order valence-corrected chi connectivity index (χ1v) is 10.9. The third-order valence-electron chi connectivity index (χ3n) is 5.60. The van der Waals surface area contributed by atoms with Crippen LogP contribution < -0.4 is 4.74 Å². The maximum absolute atomic E-state index is 12.3. The van der Waals surface area contributed by atoms with Crippen LogP contribution in [0.5, 0.6) is 5.75 Å². The minimum absolute atomic E-state index is 0.0362. The van der Waals surface area contributed by atoms with Crippen LogP contribution in [0.25, 0.3) is 12.2 Å². The van der Waals surface area contributed by atoms with E-state index in [4.69, 9.17) is 28.8 Å². The summed E-state index contributed by atoms with van der Waals surface area (Å²) in [6.45, 7) is 0.292. The molecule has 0 aliphatic carbocycles. The molecule has 2 saturated heterocycles. The van der Waals surface area contributed by atoms with Gasteiger partial charge in [-0.05, 0) is 41.0 Å². The standard InChI is InChI=1S/C26H26O8/c1-30-20-10-6-18(7-11-20)9-13-24(29)34-22-16-32-25-21(15-31-26(22)25)33-23(28)12-8-17-2-4-19(14-27)5-3-17/h2-13,21-22,25-27H,14-16H2,1H3/b12-8+,13-9+/t21?,22-,25-,26-/m1/s1. The maximum atomic E-state index is 12.3. The number of ether oxygens (including phenoxy) is 5. The van der Waals surface area contributed by atoms with Crippen LogP contribution in [0, 0.1) is 0 Å². The summed E-state index contributed by atoms with van der Waals surface area (Å²) in [6.07, 6.45) is 3.80. The van der Waals surface area contributed by atoms with E-state index in [1.54, 1.807) is 55.7 Å². The minimum Gasteiger partial charge on any atom is -0.497 e. The first kappa shape index (κ1) is 23.7. The first-order valence-electron chi connectivity index (χ1n) is 10.9. The molecule has 2 fully saturated rings. The number of esters is 2. The predicted octanol–water partition coefficient (Wildman–Crippen LogP) is 2.54. The van der Waals surface area contributed by atoms with Gasteiger partial charge in [0.05, 0.1) is 26.9 Å². The number of carbonyl (C=O) groups is 2. The molecule has 8 heteroatoms. The van der Waals surface area contributed by atoms with Gasteiger partial charge in [0.2, 0.25) is 0 Å². The fourth-order valence-corrected chi connectivity index (χ4v) is 3.79. The van der Waals surface area contributed by atoms with Crippen molar-refractivity contribution in [1.29, 1.82) is 0 Å². The summed E-state index contributed by atoms with van der Waals surface area (Å²) in [6, 6.07) is 14.4. The quantitative estimate of drug-likeness (QED) is 0.468. The molecule has 0 aromatic heterocycles. The molecule has 0 saturated carbocycles. The molecule has 0 amide bonds. The number of rotatable bonds is 8. The van der Waals surface area contributed by atoms with E-state index >= 15 is 0 Å². The van der Waals surface area contributed by atoms with Gasteiger partial charge in [0, 0.05) is 12.2 Å². The molecule has 0 bridgehead atoms. The van der Waals surface area contributed by atoms with Gasteiger partial charge in [0.25, 0.3) is 0 Å². The predicted molar refractivity (Wildman–Crippen MR) is 123 cm³/mol. The van der Waals surface area contributed by atoms with E-state index < -0.39 is 36.4 Å². The van der Waals surface area contributed by atoms with Crippen molar-refractivity contribution in [3.05, 3.63) is 77.4 Å². The molecule has 4 rings (SSSR count). The smallest absolute Gasteiger partial charge is 0.331 e. The molecule has 178 valence electrons. The summed E-state index contributed by atoms with van der Waals surface area (Å²) in [5.74, 6) is -0.300. The average molecular weight is 466 g/mol. The second-order valence-corrected chi connectivity index (χ2v) is 7.89. The van der Waals surface area contributed by atoms with Gasteiger partial charge in [0.15, 0.2) is 12.2 Å². The zero-order valence-electron chi connectivity index (χ0n) is 18.7. The third-order valence-corrected chi connectivity index (χ3v) is 5.60. The largest absolute Gasteiger partial charge is 0.497 e. The van der Waals surface area contributed by atoms with Crippen LogP contribution in [0.1, 0.15) is 16.7 Å². The number of aliphatic hydroxyl groups excluding tert-OH is 1. The Morgan fingerprint density at radius 2 is 1.32 bits per heavy atom. The van der Waals surface area contributed by atoms with Crippen molar-refractivity contribution in [1.82, 2.24) is 0 Å². The summed E-state index contributed by atoms with van der Waals surface area (Å²) in [5.41, 5.74) is 2.43. The van der Waals surface area contributed by atoms with E-state index in [9.17, 15) is 9.59 Å². The van der Waals surface area contributed by atoms with Gasteiger partial charge in [-0.3, -0.25) is 0 Å². The highest BCUT2D eigenvalue weighted by atomic mass is 16.7. The Hall–Kier alpha value is -3.46. The van der Waals surface area contributed by atoms with Crippen LogP contribution in [0.3, 0.4) is 0 Å². The highest BCUT2D eigenvalue weighted by Crippen LogP contribution is 2.31. The Balaban J connectivity index is 1.26. The Morgan fingerprint density at radius 3 is 1.76 bits per heavy atom. The molecule has 34 heavy (non-hydrogen) atoms. The molecular formula is C26H26O8. The van der Waals surface area contributed by atoms with Gasteiger partial charge in [-0.15, -0.1) is 0 Å². The van der Waals surface area contributed by atoms with Gasteiger partial charge in [-0.1, -0.05) is 36.4 Å². The second-order valence-electron chi connectivity index (χ2n) is 7.89. The van der Waals surface area contributed by atoms with Crippen molar-refractivity contribution in [3.63, 3.8) is 0 Å². The maximum Gasteiger partial charge on any atom is 0.331 e. The molecule has 1 unspecified atom stereocenters. The number of methoxy groups -OCH3 is 1. The molecule has 2 aliphatic rings. The van der Waals surface area contributed by atoms with E-state index in [0.717, 1.165) is 22.4 Å². The van der Waals surface area contributed by atoms with Crippen molar-refractivity contribution in [2.24, 2.45) is 0 Å². The average Bonchev–Trinajstić information content (AvgIpc) is 3.45. The van der Waals surface area contributed by atoms with Crippen molar-refractivity contribution >= 4 is 24.1 Å². The molecular weight excluding hydrogens is 440 g/mol. The summed E-state index contributed by atoms with van der Waals surface area (Å²) in [5, 5.41) is 9.09. The number of carbonyl (C=O) groups excluding carboxylic acids is 2. The van der Waals surface area contributed by atoms with E-state index in [1.807, 2.05) is 12.1 Å². The summed E-state index contributed by atoms with van der Waals surface area (Å²) in [4.78, 5) is 24.5. The van der Waals surface area contributed by atoms with E-state index in [0.29, 0.717) is 0 Å². The zero-order valence-corrected chi connectivity index (χ0v) is 18.7. The lowest BCUT2D eigenvalue weighted by molar-refractivity contribution is -0.149. The topological polar surface area (TPSA) is 101 Å². The number of aliphatic hydroxyl groups is 1. The summed E-state index contributed by atoms with van der Waals surface area (Å²) in [7, 11) is 1.59. The fraction of sp³-hybridized carbons (Fsp3) is 0.308. The highest BCUT2D eigenvalue weighted by molar-refractivity contribution is 5.87. The second kappa shape index (κ2) is 11.1. The molecule has 4 atom stereocenters. The molecule has 1 N–H and O–H groups in total. The van der Waals surface area contributed by atoms with Crippen LogP contribution in [-0.4, -0.2) is 61.8 Å². The first-order chi connectivity index (χ1) is 16.6. The SMILES string of the molecule is COc1ccc(/C=C/C(=O)O[C@@H]2CO[C@@H]3C(OC(=O)/C=C/c4ccc(CO)cc4)CO[C@@H]32)cc1. The van der Waals surface area contributed by atoms with Crippen LogP contribution in [0.15, 0.2) is 60.7 Å². The van der Waals surface area contributed by atoms with Crippen LogP contribution in [0.4, 0.5) is 0 Å². The van der Waals surface area contributed by atoms with Gasteiger partial charge in [-0.25, -0.2) is 9.59 Å². The van der Waals surface area contributed by atoms with Gasteiger partial charge in [-0.2, -0.15) is 0 Å². The minimum atomic E-state index is -0.586. The van der Waals surface area contributed by atoms with E-state index in [1.165, 1.54) is 12.2 Å². The Kier molecular flexibility index (Phi) is 7.74. The van der Waals surface area contributed by atoms with Crippen molar-refractivity contribution < 1.29 is 38.4 Å². The molecule has 2 heterocycles. The zero-order chi connectivity index (χ0) is 23.9. The van der Waals surface area contributed by atoms with Gasteiger partial charge in [0.1, 0.15) is 18.0 Å². The lowest BCUT2D eigenvalue weighted by atomic mass is 10.1. The number of hydrogen-bond donors (Lipinski definition) is 1. The molecule has 2 aliphatic heterocycles. The highest BCUT2D eigenvalue weighted by Gasteiger charge is 2.50. The number of hydrogen-bond acceptors (Lipinski definition) is 8. The van der Waals surface area contributed by atoms with E-state index in [-0.39, 0.29) is 19.8 Å². The van der Waals surface area contributed by atoms with Crippen molar-refractivity contribution in [2.75, 3.05) is 20.3 Å². The van der Waals surface area contributed by atoms with Crippen LogP contribution >= 0.6 is 0 Å². The Morgan fingerprint density at radius 1 is 0.853 bits per heavy atom. The molecule has 2 aromatic rings. The number of fused-ring (bicyclic) bond motifs is 1. The summed E-state index contributed by atoms with van der Waals surface area (Å²) >= 11 is 0. The molecule has 0 spiro atoms. The normalized spacial score (nSPS) is 23.8. The lowest BCUT2D eigenvalue weighted by Gasteiger charge is -2.16.